The van der Waals surface area contributed by atoms with E-state index in [1.807, 2.05) is 30.3 Å². The number of benzene rings is 1. The van der Waals surface area contributed by atoms with Crippen molar-refractivity contribution in [2.45, 2.75) is 13.1 Å². The van der Waals surface area contributed by atoms with E-state index in [1.165, 1.54) is 0 Å². The molecule has 0 bridgehead atoms. The minimum absolute atomic E-state index is 0.341. The number of phenolic OH excluding ortho intramolecular Hbond substituents is 1. The van der Waals surface area contributed by atoms with Crippen molar-refractivity contribution >= 4 is 0 Å². The van der Waals surface area contributed by atoms with Crippen LogP contribution in [-0.2, 0) is 13.1 Å². The molecule has 0 unspecified atom stereocenters. The van der Waals surface area contributed by atoms with Crippen molar-refractivity contribution in [3.8, 4) is 5.75 Å². The highest BCUT2D eigenvalue weighted by Crippen LogP contribution is 2.14. The zero-order valence-electron chi connectivity index (χ0n) is 10.2. The van der Waals surface area contributed by atoms with Crippen LogP contribution in [0.15, 0.2) is 47.1 Å². The molecular formula is C14H18N2O2. The number of aromatic hydroxyl groups is 1. The molecule has 4 heteroatoms. The van der Waals surface area contributed by atoms with Crippen LogP contribution in [0.4, 0.5) is 0 Å². The number of hydrogen-bond donors (Lipinski definition) is 3. The van der Waals surface area contributed by atoms with Crippen LogP contribution >= 0.6 is 0 Å². The second-order valence-corrected chi connectivity index (χ2v) is 4.06. The maximum atomic E-state index is 9.57. The highest BCUT2D eigenvalue weighted by atomic mass is 16.3. The molecule has 0 aliphatic heterocycles. The van der Waals surface area contributed by atoms with Gasteiger partial charge < -0.3 is 20.2 Å². The van der Waals surface area contributed by atoms with Crippen molar-refractivity contribution < 1.29 is 9.52 Å². The van der Waals surface area contributed by atoms with Gasteiger partial charge in [0.2, 0.25) is 0 Å². The summed E-state index contributed by atoms with van der Waals surface area (Å²) in [4.78, 5) is 0. The summed E-state index contributed by atoms with van der Waals surface area (Å²) in [6, 6.07) is 11.2. The monoisotopic (exact) mass is 246 g/mol. The average Bonchev–Trinajstić information content (AvgIpc) is 2.89. The highest BCUT2D eigenvalue weighted by molar-refractivity contribution is 5.31. The van der Waals surface area contributed by atoms with Crippen LogP contribution in [0.25, 0.3) is 0 Å². The molecule has 1 heterocycles. The third kappa shape index (κ3) is 3.91. The summed E-state index contributed by atoms with van der Waals surface area (Å²) in [5.41, 5.74) is 0.920. The molecule has 0 radical (unpaired) electrons. The molecule has 1 aromatic carbocycles. The molecule has 3 N–H and O–H groups in total. The molecule has 0 aliphatic rings. The molecule has 0 atom stereocenters. The van der Waals surface area contributed by atoms with E-state index >= 15 is 0 Å². The number of hydrogen-bond acceptors (Lipinski definition) is 4. The SMILES string of the molecule is Oc1ccccc1CNCCNCc1ccco1. The van der Waals surface area contributed by atoms with Crippen molar-refractivity contribution in [3.05, 3.63) is 54.0 Å². The lowest BCUT2D eigenvalue weighted by molar-refractivity contribution is 0.462. The molecule has 0 saturated carbocycles. The molecule has 0 aliphatic carbocycles. The first-order valence-corrected chi connectivity index (χ1v) is 6.07. The topological polar surface area (TPSA) is 57.4 Å². The standard InChI is InChI=1S/C14H18N2O2/c17-14-6-2-1-4-12(14)10-15-7-8-16-11-13-5-3-9-18-13/h1-6,9,15-17H,7-8,10-11H2. The molecule has 2 aromatic rings. The fraction of sp³-hybridized carbons (Fsp3) is 0.286. The van der Waals surface area contributed by atoms with Crippen LogP contribution in [0.3, 0.4) is 0 Å². The van der Waals surface area contributed by atoms with Gasteiger partial charge in [0.25, 0.3) is 0 Å². The Balaban J connectivity index is 1.58. The summed E-state index contributed by atoms with van der Waals surface area (Å²) in [7, 11) is 0. The van der Waals surface area contributed by atoms with Crippen LogP contribution in [0.2, 0.25) is 0 Å². The number of nitrogens with one attached hydrogen (secondary N) is 2. The number of rotatable bonds is 7. The van der Waals surface area contributed by atoms with Gasteiger partial charge in [0.15, 0.2) is 0 Å². The first-order chi connectivity index (χ1) is 8.86. The van der Waals surface area contributed by atoms with Crippen LogP contribution in [0.1, 0.15) is 11.3 Å². The van der Waals surface area contributed by atoms with Gasteiger partial charge in [0.1, 0.15) is 11.5 Å². The van der Waals surface area contributed by atoms with Crippen molar-refractivity contribution in [2.75, 3.05) is 13.1 Å². The largest absolute Gasteiger partial charge is 0.508 e. The Hall–Kier alpha value is -1.78. The van der Waals surface area contributed by atoms with Gasteiger partial charge in [-0.2, -0.15) is 0 Å². The molecule has 2 rings (SSSR count). The van der Waals surface area contributed by atoms with E-state index in [2.05, 4.69) is 10.6 Å². The van der Waals surface area contributed by atoms with Crippen LogP contribution < -0.4 is 10.6 Å². The van der Waals surface area contributed by atoms with E-state index in [0.29, 0.717) is 12.3 Å². The smallest absolute Gasteiger partial charge is 0.120 e. The summed E-state index contributed by atoms with van der Waals surface area (Å²) in [6.45, 7) is 3.11. The number of para-hydroxylation sites is 1. The Bertz CT molecular complexity index is 455. The second kappa shape index (κ2) is 6.83. The highest BCUT2D eigenvalue weighted by Gasteiger charge is 1.98. The van der Waals surface area contributed by atoms with Gasteiger partial charge >= 0.3 is 0 Å². The Kier molecular flexibility index (Phi) is 4.81. The van der Waals surface area contributed by atoms with E-state index < -0.39 is 0 Å². The minimum Gasteiger partial charge on any atom is -0.508 e. The second-order valence-electron chi connectivity index (χ2n) is 4.06. The minimum atomic E-state index is 0.341. The van der Waals surface area contributed by atoms with Crippen LogP contribution in [0.5, 0.6) is 5.75 Å². The first kappa shape index (κ1) is 12.7. The molecule has 1 aromatic heterocycles. The summed E-state index contributed by atoms with van der Waals surface area (Å²) in [5.74, 6) is 1.28. The zero-order valence-corrected chi connectivity index (χ0v) is 10.2. The van der Waals surface area contributed by atoms with E-state index in [1.54, 1.807) is 12.3 Å². The van der Waals surface area contributed by atoms with Crippen molar-refractivity contribution in [1.29, 1.82) is 0 Å². The lowest BCUT2D eigenvalue weighted by Gasteiger charge is -2.07. The lowest BCUT2D eigenvalue weighted by Crippen LogP contribution is -2.26. The summed E-state index contributed by atoms with van der Waals surface area (Å²) >= 11 is 0. The molecule has 18 heavy (non-hydrogen) atoms. The summed E-state index contributed by atoms with van der Waals surface area (Å²) in [5, 5.41) is 16.1. The van der Waals surface area contributed by atoms with Crippen molar-refractivity contribution in [1.82, 2.24) is 10.6 Å². The van der Waals surface area contributed by atoms with E-state index in [-0.39, 0.29) is 0 Å². The van der Waals surface area contributed by atoms with Gasteiger partial charge in [-0.05, 0) is 18.2 Å². The fourth-order valence-corrected chi connectivity index (χ4v) is 1.68. The van der Waals surface area contributed by atoms with Gasteiger partial charge in [-0.1, -0.05) is 18.2 Å². The first-order valence-electron chi connectivity index (χ1n) is 6.07. The fourth-order valence-electron chi connectivity index (χ4n) is 1.68. The number of furan rings is 1. The Morgan fingerprint density at radius 3 is 2.44 bits per heavy atom. The van der Waals surface area contributed by atoms with Crippen molar-refractivity contribution in [3.63, 3.8) is 0 Å². The maximum Gasteiger partial charge on any atom is 0.120 e. The quantitative estimate of drug-likeness (QED) is 0.653. The van der Waals surface area contributed by atoms with E-state index in [9.17, 15) is 5.11 Å². The predicted molar refractivity (Wildman–Crippen MR) is 70.2 cm³/mol. The van der Waals surface area contributed by atoms with E-state index in [4.69, 9.17) is 4.42 Å². The normalized spacial score (nSPS) is 10.7. The molecule has 4 nitrogen and oxygen atoms in total. The molecule has 0 fully saturated rings. The molecule has 0 spiro atoms. The molecule has 96 valence electrons. The Morgan fingerprint density at radius 2 is 1.72 bits per heavy atom. The Morgan fingerprint density at radius 1 is 0.944 bits per heavy atom. The average molecular weight is 246 g/mol. The predicted octanol–water partition coefficient (Wildman–Crippen LogP) is 1.86. The maximum absolute atomic E-state index is 9.57. The van der Waals surface area contributed by atoms with Gasteiger partial charge in [0, 0.05) is 25.2 Å². The van der Waals surface area contributed by atoms with Crippen LogP contribution in [-0.4, -0.2) is 18.2 Å². The Labute approximate surface area is 107 Å². The van der Waals surface area contributed by atoms with Gasteiger partial charge in [-0.15, -0.1) is 0 Å². The lowest BCUT2D eigenvalue weighted by atomic mass is 10.2. The summed E-state index contributed by atoms with van der Waals surface area (Å²) in [6.07, 6.45) is 1.67. The van der Waals surface area contributed by atoms with Gasteiger partial charge in [-0.25, -0.2) is 0 Å². The third-order valence-corrected chi connectivity index (χ3v) is 2.66. The van der Waals surface area contributed by atoms with Gasteiger partial charge in [-0.3, -0.25) is 0 Å². The van der Waals surface area contributed by atoms with Gasteiger partial charge in [0.05, 0.1) is 12.8 Å². The zero-order chi connectivity index (χ0) is 12.6. The molecule has 0 amide bonds. The van der Waals surface area contributed by atoms with E-state index in [0.717, 1.165) is 31.0 Å². The summed E-state index contributed by atoms with van der Waals surface area (Å²) < 4.78 is 5.21. The molecular weight excluding hydrogens is 228 g/mol. The third-order valence-electron chi connectivity index (χ3n) is 2.66. The van der Waals surface area contributed by atoms with Crippen molar-refractivity contribution in [2.24, 2.45) is 0 Å². The van der Waals surface area contributed by atoms with Crippen LogP contribution in [0, 0.1) is 0 Å². The molecule has 0 saturated heterocycles. The number of phenols is 1.